The van der Waals surface area contributed by atoms with E-state index in [2.05, 4.69) is 11.6 Å². The Morgan fingerprint density at radius 2 is 1.79 bits per heavy atom. The fourth-order valence-electron chi connectivity index (χ4n) is 3.62. The van der Waals surface area contributed by atoms with Gasteiger partial charge in [0.15, 0.2) is 0 Å². The molecule has 0 spiro atoms. The Kier molecular flexibility index (Phi) is 5.79. The van der Waals surface area contributed by atoms with Crippen LogP contribution in [0.3, 0.4) is 0 Å². The zero-order valence-corrected chi connectivity index (χ0v) is 17.8. The minimum atomic E-state index is -3.80. The number of carbonyl (C=O) groups excluding carboxylic acids is 1. The molecule has 28 heavy (non-hydrogen) atoms. The lowest BCUT2D eigenvalue weighted by Gasteiger charge is -2.31. The van der Waals surface area contributed by atoms with Crippen LogP contribution in [0, 0.1) is 26.7 Å². The fraction of sp³-hybridized carbons (Fsp3) is 0.409. The topological polar surface area (TPSA) is 66.5 Å². The molecule has 0 saturated carbocycles. The molecule has 0 radical (unpaired) electrons. The van der Waals surface area contributed by atoms with Gasteiger partial charge in [-0.2, -0.15) is 0 Å². The van der Waals surface area contributed by atoms with Crippen molar-refractivity contribution in [1.82, 2.24) is 4.90 Å². The lowest BCUT2D eigenvalue weighted by Crippen LogP contribution is -2.39. The largest absolute Gasteiger partial charge is 0.338 e. The summed E-state index contributed by atoms with van der Waals surface area (Å²) >= 11 is 0. The maximum atomic E-state index is 13.1. The Balaban J connectivity index is 1.92. The van der Waals surface area contributed by atoms with Gasteiger partial charge in [-0.05, 0) is 74.4 Å². The van der Waals surface area contributed by atoms with E-state index in [-0.39, 0.29) is 10.8 Å². The molecule has 1 fully saturated rings. The van der Waals surface area contributed by atoms with Crippen LogP contribution >= 0.6 is 0 Å². The molecule has 0 bridgehead atoms. The highest BCUT2D eigenvalue weighted by molar-refractivity contribution is 7.92. The van der Waals surface area contributed by atoms with Crippen molar-refractivity contribution in [3.63, 3.8) is 0 Å². The van der Waals surface area contributed by atoms with Crippen molar-refractivity contribution in [2.75, 3.05) is 17.8 Å². The molecule has 1 heterocycles. The number of anilines is 1. The zero-order chi connectivity index (χ0) is 20.5. The molecular weight excluding hydrogens is 372 g/mol. The smallest absolute Gasteiger partial charge is 0.262 e. The number of nitrogens with one attached hydrogen (secondary N) is 1. The number of aryl methyl sites for hydroxylation is 3. The van der Waals surface area contributed by atoms with Crippen molar-refractivity contribution in [1.29, 1.82) is 0 Å². The van der Waals surface area contributed by atoms with Crippen molar-refractivity contribution in [3.8, 4) is 0 Å². The molecule has 0 aliphatic carbocycles. The number of benzene rings is 2. The molecule has 1 N–H and O–H groups in total. The Morgan fingerprint density at radius 3 is 2.50 bits per heavy atom. The molecule has 1 aliphatic heterocycles. The highest BCUT2D eigenvalue weighted by Crippen LogP contribution is 2.25. The van der Waals surface area contributed by atoms with Gasteiger partial charge in [-0.25, -0.2) is 8.42 Å². The van der Waals surface area contributed by atoms with E-state index in [0.29, 0.717) is 22.7 Å². The van der Waals surface area contributed by atoms with Crippen LogP contribution in [0.15, 0.2) is 41.3 Å². The zero-order valence-electron chi connectivity index (χ0n) is 17.0. The maximum absolute atomic E-state index is 13.1. The van der Waals surface area contributed by atoms with Crippen molar-refractivity contribution in [3.05, 3.63) is 58.7 Å². The first-order valence-electron chi connectivity index (χ1n) is 9.67. The lowest BCUT2D eigenvalue weighted by atomic mass is 9.99. The third-order valence-corrected chi connectivity index (χ3v) is 6.81. The van der Waals surface area contributed by atoms with E-state index in [1.165, 1.54) is 6.07 Å². The highest BCUT2D eigenvalue weighted by Gasteiger charge is 2.25. The van der Waals surface area contributed by atoms with Crippen LogP contribution in [-0.4, -0.2) is 32.3 Å². The minimum Gasteiger partial charge on any atom is -0.338 e. The number of piperidine rings is 1. The first-order valence-corrected chi connectivity index (χ1v) is 11.2. The van der Waals surface area contributed by atoms with Gasteiger partial charge in [-0.15, -0.1) is 0 Å². The van der Waals surface area contributed by atoms with Crippen LogP contribution in [0.5, 0.6) is 0 Å². The summed E-state index contributed by atoms with van der Waals surface area (Å²) in [6, 6.07) is 10.6. The normalized spacial score (nSPS) is 17.4. The standard InChI is InChI=1S/C22H28N2O3S/c1-15-7-8-17(3)20(12-15)23-28(26,27)21-13-19(10-9-18(21)4)22(25)24-11-5-6-16(2)14-24/h7-10,12-13,16,23H,5-6,11,14H2,1-4H3. The summed E-state index contributed by atoms with van der Waals surface area (Å²) in [5, 5.41) is 0. The van der Waals surface area contributed by atoms with Gasteiger partial charge in [-0.3, -0.25) is 9.52 Å². The van der Waals surface area contributed by atoms with Crippen LogP contribution in [0.2, 0.25) is 0 Å². The minimum absolute atomic E-state index is 0.102. The van der Waals surface area contributed by atoms with Crippen LogP contribution in [0.25, 0.3) is 0 Å². The van der Waals surface area contributed by atoms with Gasteiger partial charge < -0.3 is 4.90 Å². The van der Waals surface area contributed by atoms with Crippen LogP contribution in [-0.2, 0) is 10.0 Å². The molecule has 6 heteroatoms. The summed E-state index contributed by atoms with van der Waals surface area (Å²) in [6.07, 6.45) is 2.11. The lowest BCUT2D eigenvalue weighted by molar-refractivity contribution is 0.0683. The maximum Gasteiger partial charge on any atom is 0.262 e. The van der Waals surface area contributed by atoms with Gasteiger partial charge in [-0.1, -0.05) is 25.1 Å². The number of likely N-dealkylation sites (tertiary alicyclic amines) is 1. The molecule has 1 saturated heterocycles. The Morgan fingerprint density at radius 1 is 1.07 bits per heavy atom. The fourth-order valence-corrected chi connectivity index (χ4v) is 5.02. The second-order valence-electron chi connectivity index (χ2n) is 7.90. The summed E-state index contributed by atoms with van der Waals surface area (Å²) in [4.78, 5) is 14.9. The number of carbonyl (C=O) groups is 1. The molecule has 1 atom stereocenters. The third-order valence-electron chi connectivity index (χ3n) is 5.31. The summed E-state index contributed by atoms with van der Waals surface area (Å²) in [5.41, 5.74) is 3.41. The first kappa shape index (κ1) is 20.4. The van der Waals surface area contributed by atoms with E-state index >= 15 is 0 Å². The molecule has 1 unspecified atom stereocenters. The summed E-state index contributed by atoms with van der Waals surface area (Å²) < 4.78 is 28.8. The third kappa shape index (κ3) is 4.38. The predicted octanol–water partition coefficient (Wildman–Crippen LogP) is 4.28. The molecule has 1 amide bonds. The second-order valence-corrected chi connectivity index (χ2v) is 9.55. The van der Waals surface area contributed by atoms with Crippen molar-refractivity contribution in [2.24, 2.45) is 5.92 Å². The van der Waals surface area contributed by atoms with Gasteiger partial charge in [0.1, 0.15) is 0 Å². The Hall–Kier alpha value is -2.34. The summed E-state index contributed by atoms with van der Waals surface area (Å²) in [5.74, 6) is 0.368. The van der Waals surface area contributed by atoms with Crippen LogP contribution < -0.4 is 4.72 Å². The molecule has 5 nitrogen and oxygen atoms in total. The number of amides is 1. The van der Waals surface area contributed by atoms with Gasteiger partial charge >= 0.3 is 0 Å². The number of sulfonamides is 1. The van der Waals surface area contributed by atoms with Crippen LogP contribution in [0.1, 0.15) is 46.8 Å². The van der Waals surface area contributed by atoms with Crippen molar-refractivity contribution < 1.29 is 13.2 Å². The molecular formula is C22H28N2O3S. The molecule has 3 rings (SSSR count). The molecule has 150 valence electrons. The average molecular weight is 401 g/mol. The molecule has 0 aromatic heterocycles. The van der Waals surface area contributed by atoms with E-state index < -0.39 is 10.0 Å². The van der Waals surface area contributed by atoms with E-state index in [0.717, 1.165) is 37.1 Å². The quantitative estimate of drug-likeness (QED) is 0.833. The van der Waals surface area contributed by atoms with Gasteiger partial charge in [0.2, 0.25) is 0 Å². The van der Waals surface area contributed by atoms with E-state index in [4.69, 9.17) is 0 Å². The van der Waals surface area contributed by atoms with E-state index in [1.807, 2.05) is 36.9 Å². The summed E-state index contributed by atoms with van der Waals surface area (Å²) in [7, 11) is -3.80. The van der Waals surface area contributed by atoms with Gasteiger partial charge in [0.05, 0.1) is 10.6 Å². The average Bonchev–Trinajstić information content (AvgIpc) is 2.64. The van der Waals surface area contributed by atoms with E-state index in [1.54, 1.807) is 19.1 Å². The Labute approximate surface area is 167 Å². The first-order chi connectivity index (χ1) is 13.2. The number of hydrogen-bond donors (Lipinski definition) is 1. The van der Waals surface area contributed by atoms with Gasteiger partial charge in [0, 0.05) is 18.7 Å². The highest BCUT2D eigenvalue weighted by atomic mass is 32.2. The van der Waals surface area contributed by atoms with Crippen LogP contribution in [0.4, 0.5) is 5.69 Å². The molecule has 2 aromatic rings. The molecule has 1 aliphatic rings. The molecule has 2 aromatic carbocycles. The van der Waals surface area contributed by atoms with Gasteiger partial charge in [0.25, 0.3) is 15.9 Å². The predicted molar refractivity (Wildman–Crippen MR) is 112 cm³/mol. The number of nitrogens with zero attached hydrogens (tertiary/aromatic N) is 1. The van der Waals surface area contributed by atoms with Crippen molar-refractivity contribution >= 4 is 21.6 Å². The summed E-state index contributed by atoms with van der Waals surface area (Å²) in [6.45, 7) is 9.10. The monoisotopic (exact) mass is 400 g/mol. The second kappa shape index (κ2) is 7.95. The Bertz CT molecular complexity index is 999. The van der Waals surface area contributed by atoms with Crippen molar-refractivity contribution in [2.45, 2.75) is 45.4 Å². The number of rotatable bonds is 4. The number of hydrogen-bond acceptors (Lipinski definition) is 3. The van der Waals surface area contributed by atoms with E-state index in [9.17, 15) is 13.2 Å². The SMILES string of the molecule is Cc1ccc(C)c(NS(=O)(=O)c2cc(C(=O)N3CCCC(C)C3)ccc2C)c1.